The summed E-state index contributed by atoms with van der Waals surface area (Å²) < 4.78 is 26.6. The molecule has 0 radical (unpaired) electrons. The van der Waals surface area contributed by atoms with Gasteiger partial charge in [0.05, 0.1) is 5.69 Å². The van der Waals surface area contributed by atoms with Gasteiger partial charge >= 0.3 is 11.8 Å². The molecule has 1 N–H and O–H groups in total. The van der Waals surface area contributed by atoms with Crippen molar-refractivity contribution in [2.75, 3.05) is 16.8 Å². The smallest absolute Gasteiger partial charge is 0.315 e. The van der Waals surface area contributed by atoms with Crippen LogP contribution in [0.4, 0.5) is 20.2 Å². The molecule has 2 amide bonds. The van der Waals surface area contributed by atoms with Gasteiger partial charge < -0.3 is 10.2 Å². The standard InChI is InChI=1S/C16H12F2N2O2/c17-11-5-6-12(18)13(9-11)19-15(21)16(22)20-8-7-10-3-1-2-4-14(10)20/h1-6,9H,7-8H2,(H,19,21). The first-order valence-corrected chi connectivity index (χ1v) is 6.72. The Balaban J connectivity index is 1.79. The maximum Gasteiger partial charge on any atom is 0.316 e. The van der Waals surface area contributed by atoms with E-state index >= 15 is 0 Å². The molecule has 3 rings (SSSR count). The fourth-order valence-corrected chi connectivity index (χ4v) is 2.44. The van der Waals surface area contributed by atoms with E-state index in [4.69, 9.17) is 0 Å². The van der Waals surface area contributed by atoms with Crippen LogP contribution in [0, 0.1) is 11.6 Å². The number of para-hydroxylation sites is 1. The van der Waals surface area contributed by atoms with Gasteiger partial charge in [0.1, 0.15) is 11.6 Å². The lowest BCUT2D eigenvalue weighted by Crippen LogP contribution is -2.38. The summed E-state index contributed by atoms with van der Waals surface area (Å²) in [6.07, 6.45) is 0.656. The number of carbonyl (C=O) groups excluding carboxylic acids is 2. The average Bonchev–Trinajstić information content (AvgIpc) is 2.94. The Morgan fingerprint density at radius 2 is 1.86 bits per heavy atom. The summed E-state index contributed by atoms with van der Waals surface area (Å²) in [4.78, 5) is 25.5. The average molecular weight is 302 g/mol. The van der Waals surface area contributed by atoms with E-state index in [-0.39, 0.29) is 5.69 Å². The highest BCUT2D eigenvalue weighted by Gasteiger charge is 2.29. The van der Waals surface area contributed by atoms with E-state index < -0.39 is 23.4 Å². The maximum absolute atomic E-state index is 13.5. The van der Waals surface area contributed by atoms with E-state index in [1.54, 1.807) is 12.1 Å². The summed E-state index contributed by atoms with van der Waals surface area (Å²) in [5, 5.41) is 2.11. The van der Waals surface area contributed by atoms with Crippen LogP contribution in [0.15, 0.2) is 42.5 Å². The van der Waals surface area contributed by atoms with Crippen LogP contribution in [0.3, 0.4) is 0 Å². The molecule has 0 bridgehead atoms. The van der Waals surface area contributed by atoms with Gasteiger partial charge in [-0.25, -0.2) is 8.78 Å². The molecule has 112 valence electrons. The Kier molecular flexibility index (Phi) is 3.58. The Bertz CT molecular complexity index is 762. The number of hydrogen-bond acceptors (Lipinski definition) is 2. The summed E-state index contributed by atoms with van der Waals surface area (Å²) >= 11 is 0. The molecule has 0 spiro atoms. The first kappa shape index (κ1) is 14.2. The predicted octanol–water partition coefficient (Wildman–Crippen LogP) is 2.49. The molecule has 0 unspecified atom stereocenters. The van der Waals surface area contributed by atoms with Crippen molar-refractivity contribution in [1.82, 2.24) is 0 Å². The second-order valence-corrected chi connectivity index (χ2v) is 4.91. The van der Waals surface area contributed by atoms with Gasteiger partial charge in [-0.1, -0.05) is 18.2 Å². The number of halogens is 2. The van der Waals surface area contributed by atoms with Gasteiger partial charge in [0.2, 0.25) is 0 Å². The minimum Gasteiger partial charge on any atom is -0.315 e. The van der Waals surface area contributed by atoms with E-state index in [0.29, 0.717) is 18.7 Å². The molecule has 0 aromatic heterocycles. The number of amides is 2. The third kappa shape index (κ3) is 2.55. The van der Waals surface area contributed by atoms with Crippen molar-refractivity contribution < 1.29 is 18.4 Å². The van der Waals surface area contributed by atoms with Crippen LogP contribution in [0.1, 0.15) is 5.56 Å². The van der Waals surface area contributed by atoms with E-state index in [1.807, 2.05) is 12.1 Å². The molecule has 0 saturated carbocycles. The molecular weight excluding hydrogens is 290 g/mol. The van der Waals surface area contributed by atoms with E-state index in [9.17, 15) is 18.4 Å². The van der Waals surface area contributed by atoms with Crippen LogP contribution >= 0.6 is 0 Å². The highest BCUT2D eigenvalue weighted by atomic mass is 19.1. The topological polar surface area (TPSA) is 49.4 Å². The fraction of sp³-hybridized carbons (Fsp3) is 0.125. The number of hydrogen-bond donors (Lipinski definition) is 1. The van der Waals surface area contributed by atoms with E-state index in [1.165, 1.54) is 4.90 Å². The zero-order valence-electron chi connectivity index (χ0n) is 11.5. The Hall–Kier alpha value is -2.76. The third-order valence-corrected chi connectivity index (χ3v) is 3.50. The molecule has 0 fully saturated rings. The molecule has 2 aromatic rings. The molecule has 22 heavy (non-hydrogen) atoms. The fourth-order valence-electron chi connectivity index (χ4n) is 2.44. The highest BCUT2D eigenvalue weighted by molar-refractivity contribution is 6.44. The van der Waals surface area contributed by atoms with Gasteiger partial charge in [0.25, 0.3) is 0 Å². The van der Waals surface area contributed by atoms with Crippen molar-refractivity contribution >= 4 is 23.2 Å². The Morgan fingerprint density at radius 3 is 2.68 bits per heavy atom. The molecule has 1 aliphatic rings. The molecule has 2 aromatic carbocycles. The van der Waals surface area contributed by atoms with Gasteiger partial charge in [0.15, 0.2) is 0 Å². The van der Waals surface area contributed by atoms with Crippen LogP contribution in [-0.2, 0) is 16.0 Å². The summed E-state index contributed by atoms with van der Waals surface area (Å²) in [5.74, 6) is -3.30. The van der Waals surface area contributed by atoms with Gasteiger partial charge in [-0.3, -0.25) is 9.59 Å². The molecule has 1 aliphatic heterocycles. The highest BCUT2D eigenvalue weighted by Crippen LogP contribution is 2.27. The minimum absolute atomic E-state index is 0.356. The molecule has 0 aliphatic carbocycles. The Morgan fingerprint density at radius 1 is 1.09 bits per heavy atom. The van der Waals surface area contributed by atoms with Crippen molar-refractivity contribution in [3.05, 3.63) is 59.7 Å². The second-order valence-electron chi connectivity index (χ2n) is 4.91. The monoisotopic (exact) mass is 302 g/mol. The lowest BCUT2D eigenvalue weighted by Gasteiger charge is -2.16. The van der Waals surface area contributed by atoms with Crippen LogP contribution in [-0.4, -0.2) is 18.4 Å². The van der Waals surface area contributed by atoms with E-state index in [2.05, 4.69) is 5.32 Å². The second kappa shape index (κ2) is 5.55. The van der Waals surface area contributed by atoms with Crippen LogP contribution in [0.2, 0.25) is 0 Å². The van der Waals surface area contributed by atoms with Crippen molar-refractivity contribution in [2.45, 2.75) is 6.42 Å². The minimum atomic E-state index is -0.999. The SMILES string of the molecule is O=C(Nc1cc(F)ccc1F)C(=O)N1CCc2ccccc21. The predicted molar refractivity (Wildman–Crippen MR) is 77.5 cm³/mol. The lowest BCUT2D eigenvalue weighted by molar-refractivity contribution is -0.134. The first-order valence-electron chi connectivity index (χ1n) is 6.72. The Labute approximate surface area is 125 Å². The quantitative estimate of drug-likeness (QED) is 0.823. The van der Waals surface area contributed by atoms with Crippen LogP contribution < -0.4 is 10.2 Å². The summed E-state index contributed by atoms with van der Waals surface area (Å²) in [7, 11) is 0. The van der Waals surface area contributed by atoms with Crippen LogP contribution in [0.25, 0.3) is 0 Å². The number of rotatable bonds is 1. The maximum atomic E-state index is 13.5. The number of carbonyl (C=O) groups is 2. The van der Waals surface area contributed by atoms with Gasteiger partial charge in [-0.2, -0.15) is 0 Å². The molecular formula is C16H12F2N2O2. The first-order chi connectivity index (χ1) is 10.6. The molecule has 0 atom stereocenters. The number of nitrogens with zero attached hydrogens (tertiary/aromatic N) is 1. The van der Waals surface area contributed by atoms with Crippen molar-refractivity contribution in [3.63, 3.8) is 0 Å². The van der Waals surface area contributed by atoms with Crippen molar-refractivity contribution in [3.8, 4) is 0 Å². The largest absolute Gasteiger partial charge is 0.316 e. The van der Waals surface area contributed by atoms with Gasteiger partial charge in [-0.15, -0.1) is 0 Å². The lowest BCUT2D eigenvalue weighted by atomic mass is 10.2. The number of nitrogens with one attached hydrogen (secondary N) is 1. The molecule has 1 heterocycles. The van der Waals surface area contributed by atoms with E-state index in [0.717, 1.165) is 23.8 Å². The van der Waals surface area contributed by atoms with Crippen molar-refractivity contribution in [1.29, 1.82) is 0 Å². The summed E-state index contributed by atoms with van der Waals surface area (Å²) in [6, 6.07) is 9.91. The van der Waals surface area contributed by atoms with Crippen LogP contribution in [0.5, 0.6) is 0 Å². The summed E-state index contributed by atoms with van der Waals surface area (Å²) in [6.45, 7) is 0.386. The number of benzene rings is 2. The van der Waals surface area contributed by atoms with Gasteiger partial charge in [0, 0.05) is 18.3 Å². The third-order valence-electron chi connectivity index (χ3n) is 3.50. The zero-order chi connectivity index (χ0) is 15.7. The van der Waals surface area contributed by atoms with Crippen molar-refractivity contribution in [2.24, 2.45) is 0 Å². The molecule has 4 nitrogen and oxygen atoms in total. The zero-order valence-corrected chi connectivity index (χ0v) is 11.5. The van der Waals surface area contributed by atoms with Gasteiger partial charge in [-0.05, 0) is 30.2 Å². The summed E-state index contributed by atoms with van der Waals surface area (Å²) in [5.41, 5.74) is 1.29. The normalized spacial score (nSPS) is 12.9. The number of fused-ring (bicyclic) bond motifs is 1. The molecule has 0 saturated heterocycles. The molecule has 6 heteroatoms. The number of anilines is 2.